The highest BCUT2D eigenvalue weighted by Gasteiger charge is 2.32. The number of nitrogens with one attached hydrogen (secondary N) is 1. The molecule has 1 N–H and O–H groups in total. The van der Waals surface area contributed by atoms with Crippen molar-refractivity contribution in [3.63, 3.8) is 0 Å². The van der Waals surface area contributed by atoms with Crippen LogP contribution in [0.25, 0.3) is 0 Å². The van der Waals surface area contributed by atoms with E-state index in [0.717, 1.165) is 5.56 Å². The van der Waals surface area contributed by atoms with E-state index in [1.165, 1.54) is 10.6 Å². The molecule has 2 aromatic rings. The Labute approximate surface area is 200 Å². The van der Waals surface area contributed by atoms with Gasteiger partial charge in [0.2, 0.25) is 15.9 Å². The smallest absolute Gasteiger partial charge is 0.326 e. The minimum absolute atomic E-state index is 0.0295. The number of carbonyl (C=O) groups excluding carboxylic acids is 2. The standard InChI is InChI=1S/C24H30N4O5S/c1-17(29)26-13-11-19(12-14-26)28(24(30)25-21-6-4-5-7-23(21)33-2)20-8-9-22-18(16-20)10-15-27(22)34(3,31)32/h4-9,16,19H,10-15H2,1-3H3,(H,25,30). The molecule has 0 saturated carbocycles. The van der Waals surface area contributed by atoms with Crippen molar-refractivity contribution in [3.05, 3.63) is 48.0 Å². The molecule has 2 aliphatic rings. The number of hydrogen-bond acceptors (Lipinski definition) is 5. The first-order chi connectivity index (χ1) is 16.2. The quantitative estimate of drug-likeness (QED) is 0.700. The molecule has 4 rings (SSSR count). The number of ether oxygens (including phenoxy) is 1. The minimum atomic E-state index is -3.36. The molecule has 0 radical (unpaired) electrons. The number of anilines is 3. The maximum absolute atomic E-state index is 13.6. The molecule has 0 spiro atoms. The number of rotatable bonds is 5. The zero-order chi connectivity index (χ0) is 24.5. The van der Waals surface area contributed by atoms with Crippen LogP contribution in [0.4, 0.5) is 21.9 Å². The Kier molecular flexibility index (Phi) is 6.70. The fraction of sp³-hybridized carbons (Fsp3) is 0.417. The lowest BCUT2D eigenvalue weighted by molar-refractivity contribution is -0.129. The number of piperidine rings is 1. The Morgan fingerprint density at radius 1 is 1.09 bits per heavy atom. The lowest BCUT2D eigenvalue weighted by Crippen LogP contribution is -2.50. The first-order valence-corrected chi connectivity index (χ1v) is 13.1. The number of likely N-dealkylation sites (tertiary alicyclic amines) is 1. The Bertz CT molecular complexity index is 1190. The first kappa shape index (κ1) is 23.9. The molecular weight excluding hydrogens is 456 g/mol. The second-order valence-electron chi connectivity index (χ2n) is 8.64. The SMILES string of the molecule is COc1ccccc1NC(=O)N(c1ccc2c(c1)CCN2S(C)(=O)=O)C1CCN(C(C)=O)CC1. The van der Waals surface area contributed by atoms with Crippen LogP contribution in [0.5, 0.6) is 5.75 Å². The van der Waals surface area contributed by atoms with E-state index in [2.05, 4.69) is 5.32 Å². The van der Waals surface area contributed by atoms with Crippen molar-refractivity contribution in [2.24, 2.45) is 0 Å². The van der Waals surface area contributed by atoms with Gasteiger partial charge in [0.15, 0.2) is 0 Å². The summed E-state index contributed by atoms with van der Waals surface area (Å²) in [7, 11) is -1.81. The van der Waals surface area contributed by atoms with E-state index < -0.39 is 10.0 Å². The largest absolute Gasteiger partial charge is 0.495 e. The molecule has 3 amide bonds. The van der Waals surface area contributed by atoms with Gasteiger partial charge >= 0.3 is 6.03 Å². The molecule has 0 unspecified atom stereocenters. The molecule has 0 atom stereocenters. The maximum Gasteiger partial charge on any atom is 0.326 e. The van der Waals surface area contributed by atoms with Gasteiger partial charge in [-0.3, -0.25) is 14.0 Å². The van der Waals surface area contributed by atoms with E-state index in [0.29, 0.717) is 61.7 Å². The van der Waals surface area contributed by atoms with Gasteiger partial charge in [0.05, 0.1) is 24.7 Å². The van der Waals surface area contributed by atoms with E-state index in [9.17, 15) is 18.0 Å². The van der Waals surface area contributed by atoms with Gasteiger partial charge in [-0.15, -0.1) is 0 Å². The molecule has 10 heteroatoms. The highest BCUT2D eigenvalue weighted by molar-refractivity contribution is 7.92. The van der Waals surface area contributed by atoms with E-state index >= 15 is 0 Å². The third-order valence-corrected chi connectivity index (χ3v) is 7.62. The summed E-state index contributed by atoms with van der Waals surface area (Å²) in [4.78, 5) is 28.9. The summed E-state index contributed by atoms with van der Waals surface area (Å²) in [5, 5.41) is 2.97. The molecule has 0 aliphatic carbocycles. The van der Waals surface area contributed by atoms with Crippen molar-refractivity contribution in [1.82, 2.24) is 4.90 Å². The molecule has 34 heavy (non-hydrogen) atoms. The second-order valence-corrected chi connectivity index (χ2v) is 10.5. The Balaban J connectivity index is 1.66. The zero-order valence-electron chi connectivity index (χ0n) is 19.7. The van der Waals surface area contributed by atoms with Crippen molar-refractivity contribution < 1.29 is 22.7 Å². The minimum Gasteiger partial charge on any atom is -0.495 e. The number of sulfonamides is 1. The topological polar surface area (TPSA) is 99.3 Å². The number of carbonyl (C=O) groups is 2. The molecule has 182 valence electrons. The van der Waals surface area contributed by atoms with Gasteiger partial charge in [0.25, 0.3) is 0 Å². The van der Waals surface area contributed by atoms with Gasteiger partial charge in [0, 0.05) is 38.3 Å². The number of urea groups is 1. The molecule has 1 fully saturated rings. The summed E-state index contributed by atoms with van der Waals surface area (Å²) >= 11 is 0. The third kappa shape index (κ3) is 4.82. The summed E-state index contributed by atoms with van der Waals surface area (Å²) in [6.07, 6.45) is 3.07. The predicted molar refractivity (Wildman–Crippen MR) is 132 cm³/mol. The van der Waals surface area contributed by atoms with Gasteiger partial charge in [-0.1, -0.05) is 12.1 Å². The summed E-state index contributed by atoms with van der Waals surface area (Å²) in [6.45, 7) is 3.10. The number of para-hydroxylation sites is 2. The summed E-state index contributed by atoms with van der Waals surface area (Å²) < 4.78 is 31.0. The lowest BCUT2D eigenvalue weighted by Gasteiger charge is -2.38. The van der Waals surface area contributed by atoms with Gasteiger partial charge < -0.3 is 15.0 Å². The molecule has 2 aliphatic heterocycles. The van der Waals surface area contributed by atoms with Crippen molar-refractivity contribution in [3.8, 4) is 5.75 Å². The van der Waals surface area contributed by atoms with Crippen molar-refractivity contribution in [2.75, 3.05) is 47.5 Å². The lowest BCUT2D eigenvalue weighted by atomic mass is 10.0. The maximum atomic E-state index is 13.6. The average molecular weight is 487 g/mol. The Hall–Kier alpha value is -3.27. The normalized spacial score (nSPS) is 16.2. The second kappa shape index (κ2) is 9.54. The number of fused-ring (bicyclic) bond motifs is 1. The number of nitrogens with zero attached hydrogens (tertiary/aromatic N) is 3. The van der Waals surface area contributed by atoms with Crippen LogP contribution in [0.2, 0.25) is 0 Å². The van der Waals surface area contributed by atoms with Gasteiger partial charge in [-0.05, 0) is 55.2 Å². The van der Waals surface area contributed by atoms with Crippen molar-refractivity contribution >= 4 is 39.0 Å². The molecule has 0 aromatic heterocycles. The number of amides is 3. The summed E-state index contributed by atoms with van der Waals surface area (Å²) in [6, 6.07) is 12.3. The van der Waals surface area contributed by atoms with Crippen LogP contribution in [-0.2, 0) is 21.2 Å². The van der Waals surface area contributed by atoms with E-state index in [4.69, 9.17) is 4.74 Å². The fourth-order valence-corrected chi connectivity index (χ4v) is 5.67. The molecule has 1 saturated heterocycles. The highest BCUT2D eigenvalue weighted by atomic mass is 32.2. The highest BCUT2D eigenvalue weighted by Crippen LogP contribution is 2.35. The Morgan fingerprint density at radius 2 is 1.79 bits per heavy atom. The third-order valence-electron chi connectivity index (χ3n) is 6.44. The van der Waals surface area contributed by atoms with Gasteiger partial charge in [0.1, 0.15) is 5.75 Å². The average Bonchev–Trinajstić information content (AvgIpc) is 3.24. The van der Waals surface area contributed by atoms with E-state index in [-0.39, 0.29) is 18.0 Å². The zero-order valence-corrected chi connectivity index (χ0v) is 20.5. The van der Waals surface area contributed by atoms with Crippen LogP contribution in [0.3, 0.4) is 0 Å². The molecule has 9 nitrogen and oxygen atoms in total. The van der Waals surface area contributed by atoms with E-state index in [1.54, 1.807) is 48.1 Å². The monoisotopic (exact) mass is 486 g/mol. The summed E-state index contributed by atoms with van der Waals surface area (Å²) in [5.41, 5.74) is 2.80. The number of benzene rings is 2. The van der Waals surface area contributed by atoms with Crippen LogP contribution in [0.1, 0.15) is 25.3 Å². The Morgan fingerprint density at radius 3 is 2.44 bits per heavy atom. The fourth-order valence-electron chi connectivity index (χ4n) is 4.71. The number of methoxy groups -OCH3 is 1. The van der Waals surface area contributed by atoms with Crippen LogP contribution in [0, 0.1) is 0 Å². The summed E-state index contributed by atoms with van der Waals surface area (Å²) in [5.74, 6) is 0.585. The van der Waals surface area contributed by atoms with Gasteiger partial charge in [-0.2, -0.15) is 0 Å². The number of hydrogen-bond donors (Lipinski definition) is 1. The van der Waals surface area contributed by atoms with Gasteiger partial charge in [-0.25, -0.2) is 13.2 Å². The molecule has 0 bridgehead atoms. The first-order valence-electron chi connectivity index (χ1n) is 11.3. The van der Waals surface area contributed by atoms with Crippen molar-refractivity contribution in [1.29, 1.82) is 0 Å². The molecule has 2 aromatic carbocycles. The van der Waals surface area contributed by atoms with Crippen LogP contribution in [0.15, 0.2) is 42.5 Å². The van der Waals surface area contributed by atoms with Crippen LogP contribution < -0.4 is 19.3 Å². The van der Waals surface area contributed by atoms with E-state index in [1.807, 2.05) is 18.2 Å². The van der Waals surface area contributed by atoms with Crippen LogP contribution in [-0.4, -0.2) is 64.3 Å². The molecule has 2 heterocycles. The predicted octanol–water partition coefficient (Wildman–Crippen LogP) is 3.07. The van der Waals surface area contributed by atoms with Crippen molar-refractivity contribution in [2.45, 2.75) is 32.2 Å². The molecular formula is C24H30N4O5S. The van der Waals surface area contributed by atoms with Crippen LogP contribution >= 0.6 is 0 Å².